The summed E-state index contributed by atoms with van der Waals surface area (Å²) in [5.41, 5.74) is 6.22. The summed E-state index contributed by atoms with van der Waals surface area (Å²) in [6.07, 6.45) is 2.00. The molecule has 152 valence electrons. The van der Waals surface area contributed by atoms with Crippen LogP contribution in [-0.2, 0) is 0 Å². The Balaban J connectivity index is 1.62. The van der Waals surface area contributed by atoms with Crippen molar-refractivity contribution in [3.05, 3.63) is 58.1 Å². The van der Waals surface area contributed by atoms with Crippen molar-refractivity contribution in [2.24, 2.45) is 17.6 Å². The monoisotopic (exact) mass is 397 g/mol. The van der Waals surface area contributed by atoms with E-state index in [-0.39, 0.29) is 28.9 Å². The van der Waals surface area contributed by atoms with Gasteiger partial charge in [0.1, 0.15) is 17.2 Å². The molecule has 8 nitrogen and oxygen atoms in total. The first-order chi connectivity index (χ1) is 14.0. The quantitative estimate of drug-likeness (QED) is 0.613. The zero-order valence-corrected chi connectivity index (χ0v) is 16.1. The number of ether oxygens (including phenoxy) is 2. The minimum Gasteiger partial charge on any atom is -0.497 e. The maximum Gasteiger partial charge on any atom is 0.270 e. The van der Waals surface area contributed by atoms with Crippen molar-refractivity contribution in [1.29, 1.82) is 0 Å². The third-order valence-corrected chi connectivity index (χ3v) is 5.89. The van der Waals surface area contributed by atoms with Crippen LogP contribution in [0.1, 0.15) is 23.2 Å². The minimum atomic E-state index is -0.511. The Bertz CT molecular complexity index is 930. The number of carbonyl (C=O) groups excluding carboxylic acids is 1. The van der Waals surface area contributed by atoms with Crippen LogP contribution in [0.4, 0.5) is 5.69 Å². The molecule has 1 saturated carbocycles. The predicted molar refractivity (Wildman–Crippen MR) is 106 cm³/mol. The van der Waals surface area contributed by atoms with Crippen LogP contribution in [-0.4, -0.2) is 42.0 Å². The maximum absolute atomic E-state index is 13.2. The number of nitro groups is 1. The molecular formula is C21H23N3O5. The highest BCUT2D eigenvalue weighted by Gasteiger charge is 2.43. The Morgan fingerprint density at radius 2 is 1.86 bits per heavy atom. The van der Waals surface area contributed by atoms with Gasteiger partial charge in [0.05, 0.1) is 17.6 Å². The van der Waals surface area contributed by atoms with Gasteiger partial charge in [0.25, 0.3) is 11.6 Å². The molecule has 3 unspecified atom stereocenters. The van der Waals surface area contributed by atoms with Crippen LogP contribution < -0.4 is 15.2 Å². The number of carbonyl (C=O) groups is 1. The van der Waals surface area contributed by atoms with E-state index in [9.17, 15) is 14.9 Å². The molecule has 29 heavy (non-hydrogen) atoms. The summed E-state index contributed by atoms with van der Waals surface area (Å²) in [6, 6.07) is 11.1. The molecule has 2 aromatic rings. The number of likely N-dealkylation sites (tertiary alicyclic amines) is 1. The fourth-order valence-corrected chi connectivity index (χ4v) is 4.30. The highest BCUT2D eigenvalue weighted by atomic mass is 16.6. The van der Waals surface area contributed by atoms with Gasteiger partial charge in [-0.05, 0) is 55.0 Å². The van der Waals surface area contributed by atoms with E-state index in [1.807, 2.05) is 0 Å². The first-order valence-electron chi connectivity index (χ1n) is 9.61. The maximum atomic E-state index is 13.2. The zero-order valence-electron chi connectivity index (χ0n) is 16.1. The number of benzene rings is 2. The van der Waals surface area contributed by atoms with Gasteiger partial charge >= 0.3 is 0 Å². The van der Waals surface area contributed by atoms with Crippen LogP contribution >= 0.6 is 0 Å². The van der Waals surface area contributed by atoms with Crippen molar-refractivity contribution in [2.75, 3.05) is 20.2 Å². The van der Waals surface area contributed by atoms with Crippen molar-refractivity contribution >= 4 is 11.6 Å². The lowest BCUT2D eigenvalue weighted by molar-refractivity contribution is -0.384. The second-order valence-corrected chi connectivity index (χ2v) is 7.59. The number of nitro benzene ring substituents is 1. The van der Waals surface area contributed by atoms with Crippen LogP contribution in [0, 0.1) is 22.0 Å². The minimum absolute atomic E-state index is 0.109. The number of nitrogens with two attached hydrogens (primary N) is 1. The van der Waals surface area contributed by atoms with Crippen LogP contribution in [0.15, 0.2) is 42.5 Å². The molecule has 0 aromatic heterocycles. The van der Waals surface area contributed by atoms with Gasteiger partial charge in [-0.15, -0.1) is 0 Å². The van der Waals surface area contributed by atoms with Gasteiger partial charge in [0, 0.05) is 31.3 Å². The molecule has 0 radical (unpaired) electrons. The summed E-state index contributed by atoms with van der Waals surface area (Å²) >= 11 is 0. The molecule has 1 aliphatic carbocycles. The second kappa shape index (κ2) is 7.71. The summed E-state index contributed by atoms with van der Waals surface area (Å²) in [5.74, 6) is 1.90. The van der Waals surface area contributed by atoms with E-state index in [0.29, 0.717) is 36.4 Å². The van der Waals surface area contributed by atoms with E-state index in [0.717, 1.165) is 12.8 Å². The zero-order chi connectivity index (χ0) is 20.5. The van der Waals surface area contributed by atoms with Gasteiger partial charge in [-0.3, -0.25) is 14.9 Å². The molecule has 1 aliphatic heterocycles. The molecule has 2 fully saturated rings. The molecule has 1 saturated heterocycles. The van der Waals surface area contributed by atoms with Crippen molar-refractivity contribution in [3.63, 3.8) is 0 Å². The normalized spacial score (nSPS) is 23.0. The number of rotatable bonds is 5. The molecule has 3 atom stereocenters. The number of non-ortho nitro benzene ring substituents is 1. The van der Waals surface area contributed by atoms with E-state index in [1.54, 1.807) is 36.3 Å². The number of nitrogens with zero attached hydrogens (tertiary/aromatic N) is 2. The highest BCUT2D eigenvalue weighted by molar-refractivity contribution is 5.98. The summed E-state index contributed by atoms with van der Waals surface area (Å²) in [4.78, 5) is 25.7. The Morgan fingerprint density at radius 1 is 1.14 bits per heavy atom. The van der Waals surface area contributed by atoms with E-state index < -0.39 is 4.92 Å². The lowest BCUT2D eigenvalue weighted by Gasteiger charge is -2.20. The topological polar surface area (TPSA) is 108 Å². The van der Waals surface area contributed by atoms with Gasteiger partial charge in [0.15, 0.2) is 0 Å². The highest BCUT2D eigenvalue weighted by Crippen LogP contribution is 2.39. The smallest absolute Gasteiger partial charge is 0.270 e. The third kappa shape index (κ3) is 3.75. The Hall–Kier alpha value is -3.13. The van der Waals surface area contributed by atoms with E-state index in [4.69, 9.17) is 15.2 Å². The van der Waals surface area contributed by atoms with Crippen molar-refractivity contribution < 1.29 is 19.2 Å². The van der Waals surface area contributed by atoms with Crippen molar-refractivity contribution in [1.82, 2.24) is 4.90 Å². The molecule has 2 N–H and O–H groups in total. The summed E-state index contributed by atoms with van der Waals surface area (Å²) in [7, 11) is 1.57. The van der Waals surface area contributed by atoms with E-state index in [2.05, 4.69) is 0 Å². The van der Waals surface area contributed by atoms with E-state index in [1.165, 1.54) is 18.2 Å². The average molecular weight is 397 g/mol. The predicted octanol–water partition coefficient (Wildman–Crippen LogP) is 3.21. The van der Waals surface area contributed by atoms with Gasteiger partial charge in [-0.25, -0.2) is 0 Å². The first kappa shape index (κ1) is 19.2. The summed E-state index contributed by atoms with van der Waals surface area (Å²) in [6.45, 7) is 1.21. The van der Waals surface area contributed by atoms with Gasteiger partial charge < -0.3 is 20.1 Å². The van der Waals surface area contributed by atoms with Gasteiger partial charge in [0.2, 0.25) is 0 Å². The van der Waals surface area contributed by atoms with Gasteiger partial charge in [-0.2, -0.15) is 0 Å². The SMILES string of the molecule is COc1ccc(Oc2ccc([N+](=O)[O-])cc2C(=O)N2CC3CCC(N)C3C2)cc1. The Labute approximate surface area is 168 Å². The first-order valence-corrected chi connectivity index (χ1v) is 9.61. The lowest BCUT2D eigenvalue weighted by atomic mass is 9.98. The molecule has 2 aliphatic rings. The average Bonchev–Trinajstić information content (AvgIpc) is 3.30. The number of fused-ring (bicyclic) bond motifs is 1. The Morgan fingerprint density at radius 3 is 2.52 bits per heavy atom. The molecule has 0 spiro atoms. The third-order valence-electron chi connectivity index (χ3n) is 5.89. The molecule has 0 bridgehead atoms. The fourth-order valence-electron chi connectivity index (χ4n) is 4.30. The number of methoxy groups -OCH3 is 1. The number of hydrogen-bond acceptors (Lipinski definition) is 6. The molecule has 8 heteroatoms. The molecule has 2 aromatic carbocycles. The Kier molecular flexibility index (Phi) is 5.10. The van der Waals surface area contributed by atoms with Crippen LogP contribution in [0.25, 0.3) is 0 Å². The molecule has 1 heterocycles. The summed E-state index contributed by atoms with van der Waals surface area (Å²) < 4.78 is 11.0. The largest absolute Gasteiger partial charge is 0.497 e. The van der Waals surface area contributed by atoms with Crippen molar-refractivity contribution in [3.8, 4) is 17.2 Å². The van der Waals surface area contributed by atoms with E-state index >= 15 is 0 Å². The molecule has 4 rings (SSSR count). The fraction of sp³-hybridized carbons (Fsp3) is 0.381. The van der Waals surface area contributed by atoms with Gasteiger partial charge in [-0.1, -0.05) is 0 Å². The number of hydrogen-bond donors (Lipinski definition) is 1. The van der Waals surface area contributed by atoms with Crippen LogP contribution in [0.2, 0.25) is 0 Å². The summed E-state index contributed by atoms with van der Waals surface area (Å²) in [5, 5.41) is 11.2. The second-order valence-electron chi connectivity index (χ2n) is 7.59. The lowest BCUT2D eigenvalue weighted by Crippen LogP contribution is -2.33. The van der Waals surface area contributed by atoms with Crippen LogP contribution in [0.5, 0.6) is 17.2 Å². The number of amides is 1. The molecule has 1 amide bonds. The van der Waals surface area contributed by atoms with Crippen molar-refractivity contribution in [2.45, 2.75) is 18.9 Å². The molecular weight excluding hydrogens is 374 g/mol. The van der Waals surface area contributed by atoms with Crippen LogP contribution in [0.3, 0.4) is 0 Å². The standard InChI is InChI=1S/C21H23N3O5/c1-28-15-4-6-16(7-5-15)29-20-9-3-14(24(26)27)10-17(20)21(25)23-11-13-2-8-19(22)18(13)12-23/h3-7,9-10,13,18-19H,2,8,11-12,22H2,1H3.